The predicted octanol–water partition coefficient (Wildman–Crippen LogP) is 3.07. The third-order valence-corrected chi connectivity index (χ3v) is 4.38. The van der Waals surface area contributed by atoms with Crippen molar-refractivity contribution >= 4 is 22.8 Å². The number of anilines is 2. The molecule has 0 aliphatic rings. The zero-order valence-corrected chi connectivity index (χ0v) is 16.2. The SMILES string of the molecule is CCC[C@H](C)Nc1nc(N)nc2cn(Cc3c(OC)cccc3OC)nc12. The fourth-order valence-electron chi connectivity index (χ4n) is 3.14. The Morgan fingerprint density at radius 1 is 1.19 bits per heavy atom. The summed E-state index contributed by atoms with van der Waals surface area (Å²) >= 11 is 0. The number of aromatic nitrogens is 4. The second-order valence-corrected chi connectivity index (χ2v) is 6.47. The Morgan fingerprint density at radius 3 is 2.52 bits per heavy atom. The molecular formula is C19H26N6O2. The van der Waals surface area contributed by atoms with Gasteiger partial charge in [0.15, 0.2) is 11.3 Å². The molecule has 0 saturated carbocycles. The van der Waals surface area contributed by atoms with E-state index in [0.717, 1.165) is 29.9 Å². The van der Waals surface area contributed by atoms with Crippen molar-refractivity contribution in [3.05, 3.63) is 30.0 Å². The van der Waals surface area contributed by atoms with Gasteiger partial charge in [-0.05, 0) is 25.5 Å². The van der Waals surface area contributed by atoms with Crippen LogP contribution >= 0.6 is 0 Å². The minimum Gasteiger partial charge on any atom is -0.496 e. The molecule has 0 fully saturated rings. The summed E-state index contributed by atoms with van der Waals surface area (Å²) in [5, 5.41) is 8.07. The van der Waals surface area contributed by atoms with Crippen LogP contribution in [0.5, 0.6) is 11.5 Å². The fourth-order valence-corrected chi connectivity index (χ4v) is 3.14. The van der Waals surface area contributed by atoms with Gasteiger partial charge in [0.05, 0.1) is 32.5 Å². The molecule has 0 bridgehead atoms. The average Bonchev–Trinajstić information content (AvgIpc) is 3.04. The second kappa shape index (κ2) is 8.11. The van der Waals surface area contributed by atoms with E-state index in [0.29, 0.717) is 23.4 Å². The second-order valence-electron chi connectivity index (χ2n) is 6.47. The standard InChI is InChI=1S/C19H26N6O2/c1-5-7-12(2)21-18-17-14(22-19(20)23-18)11-25(24-17)10-13-15(26-3)8-6-9-16(13)27-4/h6,8-9,11-12H,5,7,10H2,1-4H3,(H3,20,21,22,23)/t12-/m0/s1. The zero-order valence-electron chi connectivity index (χ0n) is 16.2. The number of nitrogens with two attached hydrogens (primary N) is 1. The lowest BCUT2D eigenvalue weighted by atomic mass is 10.1. The minimum atomic E-state index is 0.225. The molecule has 1 aromatic carbocycles. The number of benzene rings is 1. The van der Waals surface area contributed by atoms with Crippen LogP contribution in [0.4, 0.5) is 11.8 Å². The van der Waals surface area contributed by atoms with Crippen molar-refractivity contribution in [2.24, 2.45) is 0 Å². The van der Waals surface area contributed by atoms with E-state index < -0.39 is 0 Å². The van der Waals surface area contributed by atoms with E-state index in [-0.39, 0.29) is 12.0 Å². The van der Waals surface area contributed by atoms with Gasteiger partial charge < -0.3 is 20.5 Å². The number of nitrogens with zero attached hydrogens (tertiary/aromatic N) is 4. The maximum Gasteiger partial charge on any atom is 0.222 e. The van der Waals surface area contributed by atoms with Crippen molar-refractivity contribution in [1.29, 1.82) is 0 Å². The summed E-state index contributed by atoms with van der Waals surface area (Å²) in [5.74, 6) is 2.37. The molecule has 0 radical (unpaired) electrons. The van der Waals surface area contributed by atoms with Gasteiger partial charge in [0, 0.05) is 6.04 Å². The lowest BCUT2D eigenvalue weighted by Gasteiger charge is -2.14. The molecule has 3 rings (SSSR count). The number of methoxy groups -OCH3 is 2. The summed E-state index contributed by atoms with van der Waals surface area (Å²) in [6.07, 6.45) is 3.97. The van der Waals surface area contributed by atoms with E-state index in [1.54, 1.807) is 18.9 Å². The topological polar surface area (TPSA) is 100 Å². The first-order valence-electron chi connectivity index (χ1n) is 9.02. The Labute approximate surface area is 158 Å². The summed E-state index contributed by atoms with van der Waals surface area (Å²) in [7, 11) is 3.28. The van der Waals surface area contributed by atoms with Gasteiger partial charge in [-0.1, -0.05) is 19.4 Å². The van der Waals surface area contributed by atoms with E-state index in [1.807, 2.05) is 24.4 Å². The molecule has 0 aliphatic carbocycles. The smallest absolute Gasteiger partial charge is 0.222 e. The summed E-state index contributed by atoms with van der Waals surface area (Å²) in [4.78, 5) is 8.66. The monoisotopic (exact) mass is 370 g/mol. The van der Waals surface area contributed by atoms with Gasteiger partial charge in [0.2, 0.25) is 5.95 Å². The van der Waals surface area contributed by atoms with Gasteiger partial charge in [-0.15, -0.1) is 0 Å². The highest BCUT2D eigenvalue weighted by Crippen LogP contribution is 2.30. The fraction of sp³-hybridized carbons (Fsp3) is 0.421. The molecule has 2 heterocycles. The molecule has 27 heavy (non-hydrogen) atoms. The highest BCUT2D eigenvalue weighted by molar-refractivity contribution is 5.85. The van der Waals surface area contributed by atoms with E-state index >= 15 is 0 Å². The lowest BCUT2D eigenvalue weighted by Crippen LogP contribution is -2.16. The van der Waals surface area contributed by atoms with Crippen molar-refractivity contribution in [1.82, 2.24) is 19.7 Å². The van der Waals surface area contributed by atoms with Crippen molar-refractivity contribution < 1.29 is 9.47 Å². The van der Waals surface area contributed by atoms with Gasteiger partial charge in [-0.3, -0.25) is 4.68 Å². The molecule has 0 saturated heterocycles. The van der Waals surface area contributed by atoms with Gasteiger partial charge in [0.25, 0.3) is 0 Å². The van der Waals surface area contributed by atoms with Crippen LogP contribution in [-0.4, -0.2) is 40.0 Å². The Hall–Kier alpha value is -3.03. The van der Waals surface area contributed by atoms with Crippen LogP contribution in [0.15, 0.2) is 24.4 Å². The molecule has 1 atom stereocenters. The summed E-state index contributed by atoms with van der Waals surface area (Å²) < 4.78 is 12.8. The van der Waals surface area contributed by atoms with Crippen LogP contribution in [0, 0.1) is 0 Å². The van der Waals surface area contributed by atoms with E-state index in [4.69, 9.17) is 15.2 Å². The number of fused-ring (bicyclic) bond motifs is 1. The first kappa shape index (κ1) is 18.8. The maximum absolute atomic E-state index is 5.89. The van der Waals surface area contributed by atoms with Crippen molar-refractivity contribution in [3.63, 3.8) is 0 Å². The number of hydrogen-bond acceptors (Lipinski definition) is 7. The lowest BCUT2D eigenvalue weighted by molar-refractivity contribution is 0.382. The van der Waals surface area contributed by atoms with Crippen LogP contribution in [0.2, 0.25) is 0 Å². The molecule has 144 valence electrons. The average molecular weight is 370 g/mol. The number of nitrogen functional groups attached to an aromatic ring is 1. The Morgan fingerprint density at radius 2 is 1.89 bits per heavy atom. The highest BCUT2D eigenvalue weighted by Gasteiger charge is 2.16. The zero-order chi connectivity index (χ0) is 19.4. The van der Waals surface area contributed by atoms with Gasteiger partial charge in [-0.25, -0.2) is 4.98 Å². The van der Waals surface area contributed by atoms with Gasteiger partial charge in [-0.2, -0.15) is 10.1 Å². The molecule has 3 N–H and O–H groups in total. The first-order valence-corrected chi connectivity index (χ1v) is 9.02. The minimum absolute atomic E-state index is 0.225. The van der Waals surface area contributed by atoms with E-state index in [9.17, 15) is 0 Å². The Kier molecular flexibility index (Phi) is 5.63. The van der Waals surface area contributed by atoms with Crippen molar-refractivity contribution in [3.8, 4) is 11.5 Å². The largest absolute Gasteiger partial charge is 0.496 e. The number of hydrogen-bond donors (Lipinski definition) is 2. The molecule has 8 heteroatoms. The van der Waals surface area contributed by atoms with Crippen LogP contribution in [0.1, 0.15) is 32.3 Å². The molecule has 0 amide bonds. The quantitative estimate of drug-likeness (QED) is 0.628. The van der Waals surface area contributed by atoms with Crippen LogP contribution in [-0.2, 0) is 6.54 Å². The normalized spacial score (nSPS) is 12.1. The molecule has 0 unspecified atom stereocenters. The third kappa shape index (κ3) is 4.05. The summed E-state index contributed by atoms with van der Waals surface area (Å²) in [6, 6.07) is 5.97. The highest BCUT2D eigenvalue weighted by atomic mass is 16.5. The molecule has 3 aromatic rings. The van der Waals surface area contributed by atoms with E-state index in [2.05, 4.69) is 34.2 Å². The number of nitrogens with one attached hydrogen (secondary N) is 1. The summed E-state index contributed by atoms with van der Waals surface area (Å²) in [5.41, 5.74) is 8.19. The number of ether oxygens (including phenoxy) is 2. The van der Waals surface area contributed by atoms with Crippen molar-refractivity contribution in [2.75, 3.05) is 25.3 Å². The third-order valence-electron chi connectivity index (χ3n) is 4.38. The summed E-state index contributed by atoms with van der Waals surface area (Å²) in [6.45, 7) is 4.75. The van der Waals surface area contributed by atoms with Crippen molar-refractivity contribution in [2.45, 2.75) is 39.3 Å². The number of rotatable bonds is 8. The van der Waals surface area contributed by atoms with Gasteiger partial charge in [0.1, 0.15) is 17.0 Å². The van der Waals surface area contributed by atoms with Crippen LogP contribution in [0.25, 0.3) is 11.0 Å². The molecule has 0 aliphatic heterocycles. The van der Waals surface area contributed by atoms with Gasteiger partial charge >= 0.3 is 0 Å². The van der Waals surface area contributed by atoms with Crippen LogP contribution < -0.4 is 20.5 Å². The maximum atomic E-state index is 5.89. The predicted molar refractivity (Wildman–Crippen MR) is 106 cm³/mol. The first-order chi connectivity index (χ1) is 13.0. The Balaban J connectivity index is 1.98. The molecule has 0 spiro atoms. The molecule has 8 nitrogen and oxygen atoms in total. The molecule has 2 aromatic heterocycles. The van der Waals surface area contributed by atoms with Crippen LogP contribution in [0.3, 0.4) is 0 Å². The van der Waals surface area contributed by atoms with E-state index in [1.165, 1.54) is 0 Å². The molecular weight excluding hydrogens is 344 g/mol. The Bertz CT molecular complexity index is 902.